The molecule has 0 saturated carbocycles. The van der Waals surface area contributed by atoms with Crippen LogP contribution >= 0.6 is 22.6 Å². The van der Waals surface area contributed by atoms with Gasteiger partial charge in [0.25, 0.3) is 0 Å². The Hall–Kier alpha value is 0.420. The molecule has 0 bridgehead atoms. The van der Waals surface area contributed by atoms with Gasteiger partial charge in [0, 0.05) is 8.99 Å². The fourth-order valence-corrected chi connectivity index (χ4v) is 2.90. The first-order chi connectivity index (χ1) is 5.52. The van der Waals surface area contributed by atoms with E-state index in [1.165, 1.54) is 5.41 Å². The molecule has 0 heterocycles. The van der Waals surface area contributed by atoms with Crippen LogP contribution in [0.3, 0.4) is 0 Å². The first-order valence-corrected chi connectivity index (χ1v) is 6.90. The van der Waals surface area contributed by atoms with Crippen LogP contribution in [-0.4, -0.2) is 14.2 Å². The lowest BCUT2D eigenvalue weighted by Gasteiger charge is -1.97. The molecule has 4 heteroatoms. The highest BCUT2D eigenvalue weighted by Crippen LogP contribution is 2.16. The van der Waals surface area contributed by atoms with E-state index in [0.717, 1.165) is 22.8 Å². The molecule has 0 aromatic carbocycles. The number of halogens is 1. The molecule has 0 amide bonds. The van der Waals surface area contributed by atoms with Gasteiger partial charge in [-0.2, -0.15) is 0 Å². The number of unbranched alkanes of at least 4 members (excludes halogenated alkanes) is 1. The molecule has 2 nitrogen and oxygen atoms in total. The Morgan fingerprint density at radius 2 is 2.00 bits per heavy atom. The van der Waals surface area contributed by atoms with Crippen molar-refractivity contribution in [1.29, 1.82) is 0 Å². The van der Waals surface area contributed by atoms with Gasteiger partial charge in [-0.3, -0.25) is 0 Å². The molecule has 0 unspecified atom stereocenters. The zero-order valence-electron chi connectivity index (χ0n) is 7.51. The number of allylic oxidation sites excluding steroid dienone is 1. The lowest BCUT2D eigenvalue weighted by atomic mass is 10.2. The second kappa shape index (κ2) is 5.96. The molecule has 0 rings (SSSR count). The summed E-state index contributed by atoms with van der Waals surface area (Å²) < 4.78 is 23.1. The van der Waals surface area contributed by atoms with E-state index in [0.29, 0.717) is 0 Å². The third kappa shape index (κ3) is 5.99. The first kappa shape index (κ1) is 12.4. The molecule has 0 saturated heterocycles. The lowest BCUT2D eigenvalue weighted by Crippen LogP contribution is -1.98. The smallest absolute Gasteiger partial charge is 0.172 e. The summed E-state index contributed by atoms with van der Waals surface area (Å²) in [4.78, 5) is 0. The maximum absolute atomic E-state index is 11.1. The Balaban J connectivity index is 4.16. The van der Waals surface area contributed by atoms with E-state index in [-0.39, 0.29) is 5.75 Å². The van der Waals surface area contributed by atoms with Crippen molar-refractivity contribution in [3.8, 4) is 0 Å². The van der Waals surface area contributed by atoms with Crippen molar-refractivity contribution in [3.05, 3.63) is 8.99 Å². The van der Waals surface area contributed by atoms with Gasteiger partial charge in [0.2, 0.25) is 0 Å². The predicted molar refractivity (Wildman–Crippen MR) is 61.1 cm³/mol. The van der Waals surface area contributed by atoms with E-state index >= 15 is 0 Å². The maximum atomic E-state index is 11.1. The Labute approximate surface area is 88.5 Å². The van der Waals surface area contributed by atoms with Crippen molar-refractivity contribution >= 4 is 32.4 Å². The van der Waals surface area contributed by atoms with Crippen LogP contribution in [0.2, 0.25) is 0 Å². The lowest BCUT2D eigenvalue weighted by molar-refractivity contribution is 0.605. The molecule has 0 atom stereocenters. The maximum Gasteiger partial charge on any atom is 0.172 e. The molecule has 0 radical (unpaired) electrons. The quantitative estimate of drug-likeness (QED) is 0.732. The number of rotatable bonds is 5. The minimum Gasteiger partial charge on any atom is -0.224 e. The minimum absolute atomic E-state index is 0.200. The summed E-state index contributed by atoms with van der Waals surface area (Å²) in [6, 6.07) is 0. The van der Waals surface area contributed by atoms with Gasteiger partial charge >= 0.3 is 0 Å². The normalized spacial score (nSPS) is 13.4. The number of hydrogen-bond acceptors (Lipinski definition) is 2. The van der Waals surface area contributed by atoms with Crippen LogP contribution in [0.15, 0.2) is 8.99 Å². The molecular weight excluding hydrogens is 287 g/mol. The highest BCUT2D eigenvalue weighted by molar-refractivity contribution is 14.1. The molecule has 0 aromatic heterocycles. The molecule has 0 fully saturated rings. The third-order valence-corrected chi connectivity index (χ3v) is 4.20. The van der Waals surface area contributed by atoms with E-state index in [2.05, 4.69) is 29.5 Å². The van der Waals surface area contributed by atoms with Crippen LogP contribution in [0, 0.1) is 0 Å². The van der Waals surface area contributed by atoms with Crippen LogP contribution in [0.1, 0.15) is 33.1 Å². The van der Waals surface area contributed by atoms with E-state index in [9.17, 15) is 8.42 Å². The Morgan fingerprint density at radius 3 is 2.42 bits per heavy atom. The monoisotopic (exact) mass is 302 g/mol. The molecule has 0 aliphatic rings. The molecule has 0 aliphatic heterocycles. The van der Waals surface area contributed by atoms with Crippen LogP contribution < -0.4 is 0 Å². The van der Waals surface area contributed by atoms with Gasteiger partial charge in [-0.25, -0.2) is 8.42 Å². The molecule has 0 aliphatic carbocycles. The van der Waals surface area contributed by atoms with Crippen LogP contribution in [0.25, 0.3) is 0 Å². The van der Waals surface area contributed by atoms with Crippen molar-refractivity contribution in [2.45, 2.75) is 33.1 Å². The van der Waals surface area contributed by atoms with Gasteiger partial charge < -0.3 is 0 Å². The minimum atomic E-state index is -2.92. The summed E-state index contributed by atoms with van der Waals surface area (Å²) in [5.41, 5.74) is 0. The van der Waals surface area contributed by atoms with Crippen molar-refractivity contribution in [2.24, 2.45) is 0 Å². The van der Waals surface area contributed by atoms with Crippen LogP contribution in [0.4, 0.5) is 0 Å². The second-order valence-electron chi connectivity index (χ2n) is 2.62. The summed E-state index contributed by atoms with van der Waals surface area (Å²) in [5, 5.41) is 1.39. The van der Waals surface area contributed by atoms with Crippen LogP contribution in [-0.2, 0) is 9.84 Å². The van der Waals surface area contributed by atoms with E-state index in [1.807, 2.05) is 0 Å². The highest BCUT2D eigenvalue weighted by atomic mass is 127. The second-order valence-corrected chi connectivity index (χ2v) is 6.14. The van der Waals surface area contributed by atoms with Crippen LogP contribution in [0.5, 0.6) is 0 Å². The SMILES string of the molecule is CCCC/C(I)=C\S(=O)(=O)CC. The van der Waals surface area contributed by atoms with Gasteiger partial charge in [-0.1, -0.05) is 20.3 Å². The Morgan fingerprint density at radius 1 is 1.42 bits per heavy atom. The van der Waals surface area contributed by atoms with Crippen molar-refractivity contribution in [3.63, 3.8) is 0 Å². The topological polar surface area (TPSA) is 34.1 Å². The highest BCUT2D eigenvalue weighted by Gasteiger charge is 2.03. The molecular formula is C8H15IO2S. The zero-order chi connectivity index (χ0) is 9.61. The predicted octanol–water partition coefficient (Wildman–Crippen LogP) is 2.89. The molecule has 72 valence electrons. The molecule has 0 aromatic rings. The average Bonchev–Trinajstić information content (AvgIpc) is 2.00. The molecule has 0 N–H and O–H groups in total. The van der Waals surface area contributed by atoms with E-state index in [1.54, 1.807) is 6.92 Å². The van der Waals surface area contributed by atoms with Gasteiger partial charge in [-0.05, 0) is 35.4 Å². The number of hydrogen-bond donors (Lipinski definition) is 0. The Kier molecular flexibility index (Phi) is 6.17. The van der Waals surface area contributed by atoms with E-state index in [4.69, 9.17) is 0 Å². The van der Waals surface area contributed by atoms with Gasteiger partial charge in [0.15, 0.2) is 9.84 Å². The standard InChI is InChI=1S/C8H15IO2S/c1-3-5-6-8(9)7-12(10,11)4-2/h7H,3-6H2,1-2H3/b8-7+. The largest absolute Gasteiger partial charge is 0.224 e. The summed E-state index contributed by atoms with van der Waals surface area (Å²) in [7, 11) is -2.92. The number of sulfone groups is 1. The fraction of sp³-hybridized carbons (Fsp3) is 0.750. The van der Waals surface area contributed by atoms with Crippen molar-refractivity contribution < 1.29 is 8.42 Å². The summed E-state index contributed by atoms with van der Waals surface area (Å²) in [5.74, 6) is 0.200. The van der Waals surface area contributed by atoms with Gasteiger partial charge in [0.1, 0.15) is 0 Å². The van der Waals surface area contributed by atoms with Gasteiger partial charge in [0.05, 0.1) is 5.75 Å². The summed E-state index contributed by atoms with van der Waals surface area (Å²) in [6.07, 6.45) is 3.05. The van der Waals surface area contributed by atoms with E-state index < -0.39 is 9.84 Å². The third-order valence-electron chi connectivity index (χ3n) is 1.48. The average molecular weight is 302 g/mol. The summed E-state index contributed by atoms with van der Waals surface area (Å²) >= 11 is 2.10. The molecule has 12 heavy (non-hydrogen) atoms. The zero-order valence-corrected chi connectivity index (χ0v) is 10.5. The summed E-state index contributed by atoms with van der Waals surface area (Å²) in [6.45, 7) is 3.76. The Bertz CT molecular complexity index is 242. The van der Waals surface area contributed by atoms with Crippen molar-refractivity contribution in [2.75, 3.05) is 5.75 Å². The molecule has 0 spiro atoms. The van der Waals surface area contributed by atoms with Crippen molar-refractivity contribution in [1.82, 2.24) is 0 Å². The van der Waals surface area contributed by atoms with Gasteiger partial charge in [-0.15, -0.1) is 0 Å². The first-order valence-electron chi connectivity index (χ1n) is 4.10. The fourth-order valence-electron chi connectivity index (χ4n) is 0.683.